The van der Waals surface area contributed by atoms with Crippen LogP contribution in [0.2, 0.25) is 0 Å². The van der Waals surface area contributed by atoms with Crippen molar-refractivity contribution in [3.8, 4) is 0 Å². The number of hydrogen-bond donors (Lipinski definition) is 2. The smallest absolute Gasteiger partial charge is 0.141 e. The van der Waals surface area contributed by atoms with Gasteiger partial charge in [-0.1, -0.05) is 69.9 Å². The maximum absolute atomic E-state index is 8.33. The minimum Gasteiger partial charge on any atom is -0.409 e. The van der Waals surface area contributed by atoms with Crippen LogP contribution in [0.1, 0.15) is 77.6 Å². The Bertz CT molecular complexity index is 208. The third-order valence-corrected chi connectivity index (χ3v) is 3.27. The predicted molar refractivity (Wildman–Crippen MR) is 80.7 cm³/mol. The van der Waals surface area contributed by atoms with Crippen LogP contribution < -0.4 is 5.73 Å². The zero-order valence-electron chi connectivity index (χ0n) is 12.6. The molecule has 0 spiro atoms. The topological polar surface area (TPSA) is 67.8 Å². The number of nitrogens with zero attached hydrogens (tertiary/aromatic N) is 1. The highest BCUT2D eigenvalue weighted by atomic mass is 16.5. The normalized spacial score (nSPS) is 11.9. The number of amidine groups is 1. The summed E-state index contributed by atoms with van der Waals surface area (Å²) in [5, 5.41) is 11.2. The van der Waals surface area contributed by atoms with Crippen molar-refractivity contribution in [2.75, 3.05) is 13.2 Å². The third kappa shape index (κ3) is 15.2. The Morgan fingerprint density at radius 1 is 0.895 bits per heavy atom. The Morgan fingerprint density at radius 3 is 1.95 bits per heavy atom. The van der Waals surface area contributed by atoms with E-state index in [0.717, 1.165) is 13.0 Å². The van der Waals surface area contributed by atoms with Crippen LogP contribution in [0.25, 0.3) is 0 Å². The second-order valence-corrected chi connectivity index (χ2v) is 5.14. The molecule has 0 heterocycles. The first-order valence-corrected chi connectivity index (χ1v) is 7.85. The summed E-state index contributed by atoms with van der Waals surface area (Å²) in [6.07, 6.45) is 13.9. The summed E-state index contributed by atoms with van der Waals surface area (Å²) < 4.78 is 5.41. The van der Waals surface area contributed by atoms with Gasteiger partial charge in [-0.25, -0.2) is 0 Å². The second kappa shape index (κ2) is 15.3. The molecule has 4 nitrogen and oxygen atoms in total. The summed E-state index contributed by atoms with van der Waals surface area (Å²) in [6, 6.07) is 0. The van der Waals surface area contributed by atoms with Crippen molar-refractivity contribution in [1.29, 1.82) is 0 Å². The third-order valence-electron chi connectivity index (χ3n) is 3.27. The molecule has 0 aromatic heterocycles. The van der Waals surface area contributed by atoms with E-state index in [1.165, 1.54) is 57.8 Å². The summed E-state index contributed by atoms with van der Waals surface area (Å²) in [5.74, 6) is 0.239. The molecule has 0 amide bonds. The van der Waals surface area contributed by atoms with E-state index in [0.29, 0.717) is 13.0 Å². The molecular formula is C15H32N2O2. The zero-order valence-corrected chi connectivity index (χ0v) is 12.6. The molecule has 0 bridgehead atoms. The number of hydrogen-bond acceptors (Lipinski definition) is 3. The van der Waals surface area contributed by atoms with Gasteiger partial charge in [0, 0.05) is 13.0 Å². The Kier molecular flexibility index (Phi) is 14.7. The van der Waals surface area contributed by atoms with Crippen molar-refractivity contribution in [2.45, 2.75) is 77.6 Å². The zero-order chi connectivity index (χ0) is 14.2. The lowest BCUT2D eigenvalue weighted by atomic mass is 10.1. The van der Waals surface area contributed by atoms with Crippen LogP contribution in [0.4, 0.5) is 0 Å². The average Bonchev–Trinajstić information content (AvgIpc) is 2.43. The predicted octanol–water partition coefficient (Wildman–Crippen LogP) is 4.06. The molecule has 0 aromatic rings. The van der Waals surface area contributed by atoms with Gasteiger partial charge >= 0.3 is 0 Å². The van der Waals surface area contributed by atoms with E-state index in [9.17, 15) is 0 Å². The minimum atomic E-state index is 0.239. The van der Waals surface area contributed by atoms with E-state index in [2.05, 4.69) is 12.1 Å². The second-order valence-electron chi connectivity index (χ2n) is 5.14. The monoisotopic (exact) mass is 272 g/mol. The molecule has 0 fully saturated rings. The van der Waals surface area contributed by atoms with Crippen molar-refractivity contribution in [1.82, 2.24) is 0 Å². The van der Waals surface area contributed by atoms with Gasteiger partial charge in [-0.05, 0) is 6.42 Å². The first-order valence-electron chi connectivity index (χ1n) is 7.85. The SMILES string of the molecule is CCCCCCCCCCCCOCCC(N)=NO. The standard InChI is InChI=1S/C15H32N2O2/c1-2-3-4-5-6-7-8-9-10-11-13-19-14-12-15(16)17-18/h18H,2-14H2,1H3,(H2,16,17). The van der Waals surface area contributed by atoms with Crippen LogP contribution in [-0.4, -0.2) is 24.3 Å². The molecule has 0 aliphatic rings. The van der Waals surface area contributed by atoms with Crippen molar-refractivity contribution in [3.63, 3.8) is 0 Å². The van der Waals surface area contributed by atoms with Gasteiger partial charge in [0.25, 0.3) is 0 Å². The van der Waals surface area contributed by atoms with Gasteiger partial charge in [-0.3, -0.25) is 0 Å². The fourth-order valence-corrected chi connectivity index (χ4v) is 2.02. The van der Waals surface area contributed by atoms with E-state index in [-0.39, 0.29) is 5.84 Å². The highest BCUT2D eigenvalue weighted by Gasteiger charge is 1.95. The van der Waals surface area contributed by atoms with Gasteiger partial charge in [0.1, 0.15) is 5.84 Å². The van der Waals surface area contributed by atoms with E-state index < -0.39 is 0 Å². The lowest BCUT2D eigenvalue weighted by Gasteiger charge is -2.04. The number of ether oxygens (including phenoxy) is 1. The van der Waals surface area contributed by atoms with Crippen molar-refractivity contribution in [2.24, 2.45) is 10.9 Å². The van der Waals surface area contributed by atoms with Gasteiger partial charge in [0.15, 0.2) is 0 Å². The molecule has 0 aliphatic carbocycles. The molecule has 19 heavy (non-hydrogen) atoms. The fraction of sp³-hybridized carbons (Fsp3) is 0.933. The first kappa shape index (κ1) is 18.2. The lowest BCUT2D eigenvalue weighted by molar-refractivity contribution is 0.136. The summed E-state index contributed by atoms with van der Waals surface area (Å²) in [4.78, 5) is 0. The summed E-state index contributed by atoms with van der Waals surface area (Å²) in [6.45, 7) is 3.59. The molecule has 0 saturated heterocycles. The van der Waals surface area contributed by atoms with Crippen molar-refractivity contribution >= 4 is 5.84 Å². The lowest BCUT2D eigenvalue weighted by Crippen LogP contribution is -2.14. The molecule has 0 rings (SSSR count). The molecule has 0 aromatic carbocycles. The number of unbranched alkanes of at least 4 members (excludes halogenated alkanes) is 9. The van der Waals surface area contributed by atoms with Crippen LogP contribution in [0.5, 0.6) is 0 Å². The fourth-order valence-electron chi connectivity index (χ4n) is 2.02. The van der Waals surface area contributed by atoms with E-state index in [1.807, 2.05) is 0 Å². The molecule has 4 heteroatoms. The van der Waals surface area contributed by atoms with E-state index in [4.69, 9.17) is 15.7 Å². The van der Waals surface area contributed by atoms with E-state index >= 15 is 0 Å². The van der Waals surface area contributed by atoms with Crippen LogP contribution >= 0.6 is 0 Å². The molecule has 0 atom stereocenters. The van der Waals surface area contributed by atoms with Gasteiger partial charge in [-0.2, -0.15) is 0 Å². The van der Waals surface area contributed by atoms with Gasteiger partial charge in [0.2, 0.25) is 0 Å². The highest BCUT2D eigenvalue weighted by molar-refractivity contribution is 5.79. The summed E-state index contributed by atoms with van der Waals surface area (Å²) >= 11 is 0. The Labute approximate surface area is 118 Å². The van der Waals surface area contributed by atoms with Crippen LogP contribution in [-0.2, 0) is 4.74 Å². The maximum Gasteiger partial charge on any atom is 0.141 e. The van der Waals surface area contributed by atoms with Crippen molar-refractivity contribution in [3.05, 3.63) is 0 Å². The minimum absolute atomic E-state index is 0.239. The van der Waals surface area contributed by atoms with Crippen LogP contribution in [0, 0.1) is 0 Å². The molecule has 3 N–H and O–H groups in total. The molecule has 0 aliphatic heterocycles. The Balaban J connectivity index is 2.99. The molecule has 0 radical (unpaired) electrons. The quantitative estimate of drug-likeness (QED) is 0.165. The van der Waals surface area contributed by atoms with Crippen LogP contribution in [0.15, 0.2) is 5.16 Å². The van der Waals surface area contributed by atoms with E-state index in [1.54, 1.807) is 0 Å². The Morgan fingerprint density at radius 2 is 1.42 bits per heavy atom. The highest BCUT2D eigenvalue weighted by Crippen LogP contribution is 2.10. The van der Waals surface area contributed by atoms with Crippen molar-refractivity contribution < 1.29 is 9.94 Å². The Hall–Kier alpha value is -0.770. The molecular weight excluding hydrogens is 240 g/mol. The van der Waals surface area contributed by atoms with Gasteiger partial charge in [-0.15, -0.1) is 0 Å². The molecule has 0 unspecified atom stereocenters. The molecule has 0 saturated carbocycles. The molecule has 114 valence electrons. The largest absolute Gasteiger partial charge is 0.409 e. The average molecular weight is 272 g/mol. The summed E-state index contributed by atoms with van der Waals surface area (Å²) in [7, 11) is 0. The van der Waals surface area contributed by atoms with Gasteiger partial charge in [0.05, 0.1) is 6.61 Å². The number of nitrogens with two attached hydrogens (primary N) is 1. The number of oxime groups is 1. The maximum atomic E-state index is 8.33. The van der Waals surface area contributed by atoms with Gasteiger partial charge < -0.3 is 15.7 Å². The summed E-state index contributed by atoms with van der Waals surface area (Å²) in [5.41, 5.74) is 5.33. The van der Waals surface area contributed by atoms with Crippen LogP contribution in [0.3, 0.4) is 0 Å². The first-order chi connectivity index (χ1) is 9.31. The number of rotatable bonds is 14.